The van der Waals surface area contributed by atoms with Crippen LogP contribution in [0.3, 0.4) is 0 Å². The van der Waals surface area contributed by atoms with Gasteiger partial charge in [0.05, 0.1) is 12.3 Å². The molecular weight excluding hydrogens is 350 g/mol. The Labute approximate surface area is 148 Å². The van der Waals surface area contributed by atoms with Crippen LogP contribution in [0, 0.1) is 0 Å². The number of alkyl halides is 2. The van der Waals surface area contributed by atoms with E-state index < -0.39 is 35.8 Å². The lowest BCUT2D eigenvalue weighted by Gasteiger charge is -2.29. The zero-order valence-corrected chi connectivity index (χ0v) is 14.4. The maximum atomic E-state index is 13.5. The second kappa shape index (κ2) is 8.19. The molecule has 0 spiro atoms. The van der Waals surface area contributed by atoms with Crippen LogP contribution in [0.5, 0.6) is 0 Å². The number of amides is 3. The molecule has 0 aliphatic carbocycles. The van der Waals surface area contributed by atoms with E-state index in [1.165, 1.54) is 36.0 Å². The van der Waals surface area contributed by atoms with Gasteiger partial charge in [0.15, 0.2) is 6.04 Å². The van der Waals surface area contributed by atoms with Crippen molar-refractivity contribution < 1.29 is 27.9 Å². The summed E-state index contributed by atoms with van der Waals surface area (Å²) in [6.07, 6.45) is -2.86. The molecule has 1 atom stereocenters. The monoisotopic (exact) mass is 370 g/mol. The summed E-state index contributed by atoms with van der Waals surface area (Å²) in [5, 5.41) is 2.40. The van der Waals surface area contributed by atoms with E-state index in [4.69, 9.17) is 10.5 Å². The van der Waals surface area contributed by atoms with Crippen LogP contribution in [0.1, 0.15) is 12.0 Å². The highest BCUT2D eigenvalue weighted by atomic mass is 19.3. The Balaban J connectivity index is 2.29. The molecule has 1 aromatic rings. The third kappa shape index (κ3) is 4.33. The number of morpholine rings is 1. The largest absolute Gasteiger partial charge is 0.370 e. The number of halogens is 2. The summed E-state index contributed by atoms with van der Waals surface area (Å²) >= 11 is 0. The topological polar surface area (TPSA) is 105 Å². The Morgan fingerprint density at radius 1 is 1.35 bits per heavy atom. The van der Waals surface area contributed by atoms with Gasteiger partial charge in [-0.15, -0.1) is 0 Å². The molecule has 0 saturated carbocycles. The van der Waals surface area contributed by atoms with Crippen molar-refractivity contribution in [2.24, 2.45) is 5.73 Å². The molecule has 142 valence electrons. The second-order valence-corrected chi connectivity index (χ2v) is 5.93. The number of ether oxygens (including phenoxy) is 1. The molecule has 10 heteroatoms. The second-order valence-electron chi connectivity index (χ2n) is 5.93. The first-order valence-electron chi connectivity index (χ1n) is 7.79. The summed E-state index contributed by atoms with van der Waals surface area (Å²) in [4.78, 5) is 38.0. The Morgan fingerprint density at radius 2 is 2.04 bits per heavy atom. The van der Waals surface area contributed by atoms with Gasteiger partial charge >= 0.3 is 0 Å². The van der Waals surface area contributed by atoms with E-state index in [9.17, 15) is 23.2 Å². The third-order valence-corrected chi connectivity index (χ3v) is 3.84. The summed E-state index contributed by atoms with van der Waals surface area (Å²) < 4.78 is 32.0. The average Bonchev–Trinajstić information content (AvgIpc) is 2.54. The van der Waals surface area contributed by atoms with Crippen molar-refractivity contribution in [1.82, 2.24) is 4.90 Å². The van der Waals surface area contributed by atoms with E-state index in [1.54, 1.807) is 0 Å². The Hall–Kier alpha value is -2.59. The molecule has 1 aliphatic heterocycles. The van der Waals surface area contributed by atoms with Crippen LogP contribution in [-0.4, -0.2) is 62.5 Å². The van der Waals surface area contributed by atoms with Crippen molar-refractivity contribution >= 4 is 29.1 Å². The van der Waals surface area contributed by atoms with Crippen LogP contribution >= 0.6 is 0 Å². The maximum absolute atomic E-state index is 13.5. The first kappa shape index (κ1) is 19.7. The van der Waals surface area contributed by atoms with Crippen molar-refractivity contribution in [3.63, 3.8) is 0 Å². The number of primary amides is 1. The number of benzene rings is 1. The number of hydrogen-bond donors (Lipinski definition) is 2. The number of carbonyl (C=O) groups excluding carboxylic acids is 3. The molecule has 1 aromatic carbocycles. The van der Waals surface area contributed by atoms with Gasteiger partial charge in [0, 0.05) is 17.8 Å². The van der Waals surface area contributed by atoms with Crippen molar-refractivity contribution in [2.45, 2.75) is 12.5 Å². The highest BCUT2D eigenvalue weighted by Gasteiger charge is 2.28. The van der Waals surface area contributed by atoms with Crippen LogP contribution in [-0.2, 0) is 19.1 Å². The first-order valence-corrected chi connectivity index (χ1v) is 7.79. The average molecular weight is 370 g/mol. The molecule has 3 amide bonds. The summed E-state index contributed by atoms with van der Waals surface area (Å²) in [5.74, 6) is -2.02. The molecule has 2 rings (SSSR count). The number of likely N-dealkylation sites (N-methyl/N-ethyl adjacent to an activating group) is 1. The molecule has 3 N–H and O–H groups in total. The smallest absolute Gasteiger partial charge is 0.265 e. The molecule has 1 saturated heterocycles. The normalized spacial score (nSPS) is 16.1. The number of nitrogens with zero attached hydrogens (tertiary/aromatic N) is 2. The van der Waals surface area contributed by atoms with E-state index in [1.807, 2.05) is 0 Å². The van der Waals surface area contributed by atoms with Crippen LogP contribution in [0.25, 0.3) is 0 Å². The number of rotatable bonds is 6. The van der Waals surface area contributed by atoms with Gasteiger partial charge < -0.3 is 20.7 Å². The lowest BCUT2D eigenvalue weighted by molar-refractivity contribution is -0.131. The minimum atomic E-state index is -2.86. The fourth-order valence-electron chi connectivity index (χ4n) is 2.65. The minimum Gasteiger partial charge on any atom is -0.370 e. The molecule has 26 heavy (non-hydrogen) atoms. The van der Waals surface area contributed by atoms with Crippen molar-refractivity contribution in [2.75, 3.05) is 44.1 Å². The number of nitrogens with one attached hydrogen (secondary N) is 1. The van der Waals surface area contributed by atoms with Gasteiger partial charge in [-0.3, -0.25) is 19.3 Å². The van der Waals surface area contributed by atoms with Crippen LogP contribution in [0.2, 0.25) is 0 Å². The fourth-order valence-corrected chi connectivity index (χ4v) is 2.65. The maximum Gasteiger partial charge on any atom is 0.265 e. The van der Waals surface area contributed by atoms with E-state index in [0.717, 1.165) is 6.07 Å². The quantitative estimate of drug-likeness (QED) is 0.703. The van der Waals surface area contributed by atoms with Gasteiger partial charge in [-0.05, 0) is 32.3 Å². The molecule has 1 heterocycles. The number of hydrogen-bond acceptors (Lipinski definition) is 5. The van der Waals surface area contributed by atoms with Crippen molar-refractivity contribution in [3.8, 4) is 0 Å². The molecule has 0 aromatic heterocycles. The van der Waals surface area contributed by atoms with Crippen molar-refractivity contribution in [3.05, 3.63) is 23.8 Å². The van der Waals surface area contributed by atoms with Crippen LogP contribution in [0.15, 0.2) is 18.2 Å². The summed E-state index contributed by atoms with van der Waals surface area (Å²) in [5.41, 5.74) is 4.92. The van der Waals surface area contributed by atoms with Crippen molar-refractivity contribution in [1.29, 1.82) is 0 Å². The van der Waals surface area contributed by atoms with E-state index in [-0.39, 0.29) is 31.1 Å². The number of nitrogens with two attached hydrogens (primary N) is 1. The van der Waals surface area contributed by atoms with Gasteiger partial charge in [0.1, 0.15) is 6.61 Å². The standard InChI is InChI=1S/C16H20F2N4O4/c1-21(2)13(15(19)24)16(25)20-9-3-4-11(10(7-9)14(17)18)22-5-6-26-8-12(22)23/h3-4,7,13-14H,5-6,8H2,1-2H3,(H2,19,24)(H,20,25)/t13-/m1/s1. The van der Waals surface area contributed by atoms with Gasteiger partial charge in [0.2, 0.25) is 5.91 Å². The highest BCUT2D eigenvalue weighted by Crippen LogP contribution is 2.33. The lowest BCUT2D eigenvalue weighted by Crippen LogP contribution is -2.48. The Kier molecular flexibility index (Phi) is 6.22. The fraction of sp³-hybridized carbons (Fsp3) is 0.438. The third-order valence-electron chi connectivity index (χ3n) is 3.84. The van der Waals surface area contributed by atoms with E-state index >= 15 is 0 Å². The van der Waals surface area contributed by atoms with Crippen LogP contribution in [0.4, 0.5) is 20.2 Å². The molecule has 8 nitrogen and oxygen atoms in total. The molecule has 0 radical (unpaired) electrons. The van der Waals surface area contributed by atoms with Gasteiger partial charge in [-0.2, -0.15) is 0 Å². The van der Waals surface area contributed by atoms with Gasteiger partial charge in [-0.25, -0.2) is 8.78 Å². The molecule has 1 aliphatic rings. The molecule has 1 fully saturated rings. The Bertz CT molecular complexity index is 711. The molecular formula is C16H20F2N4O4. The Morgan fingerprint density at radius 3 is 2.58 bits per heavy atom. The predicted molar refractivity (Wildman–Crippen MR) is 89.9 cm³/mol. The zero-order chi connectivity index (χ0) is 19.4. The SMILES string of the molecule is CN(C)[C@H](C(N)=O)C(=O)Nc1ccc(N2CCOCC2=O)c(C(F)F)c1. The highest BCUT2D eigenvalue weighted by molar-refractivity contribution is 6.09. The molecule has 0 unspecified atom stereocenters. The van der Waals surface area contributed by atoms with E-state index in [2.05, 4.69) is 5.32 Å². The zero-order valence-electron chi connectivity index (χ0n) is 14.4. The summed E-state index contributed by atoms with van der Waals surface area (Å²) in [7, 11) is 2.99. The predicted octanol–water partition coefficient (Wildman–Crippen LogP) is 0.341. The lowest BCUT2D eigenvalue weighted by atomic mass is 10.1. The van der Waals surface area contributed by atoms with Gasteiger partial charge in [-0.1, -0.05) is 0 Å². The van der Waals surface area contributed by atoms with E-state index in [0.29, 0.717) is 0 Å². The number of carbonyl (C=O) groups is 3. The number of anilines is 2. The summed E-state index contributed by atoms with van der Waals surface area (Å²) in [6, 6.07) is 2.55. The van der Waals surface area contributed by atoms with Gasteiger partial charge in [0.25, 0.3) is 18.2 Å². The molecule has 0 bridgehead atoms. The first-order chi connectivity index (χ1) is 12.2. The summed E-state index contributed by atoms with van der Waals surface area (Å²) in [6.45, 7) is 0.231. The van der Waals surface area contributed by atoms with Crippen LogP contribution < -0.4 is 16.0 Å². The minimum absolute atomic E-state index is 0.0605.